The number of amides is 1. The molecule has 0 radical (unpaired) electrons. The summed E-state index contributed by atoms with van der Waals surface area (Å²) in [4.78, 5) is 11.7. The summed E-state index contributed by atoms with van der Waals surface area (Å²) in [5.41, 5.74) is 2.48. The molecule has 1 amide bonds. The number of hydrogen-bond donors (Lipinski definition) is 2. The monoisotopic (exact) mass is 290 g/mol. The third-order valence-electron chi connectivity index (χ3n) is 3.26. The Kier molecular flexibility index (Phi) is 4.50. The SMILES string of the molecule is CC(C)(C)NC(=O)COc1ccc2c(c1)/C(=N\O)CCC2. The van der Waals surface area contributed by atoms with Gasteiger partial charge in [0.15, 0.2) is 6.61 Å². The molecule has 0 heterocycles. The first-order chi connectivity index (χ1) is 9.89. The van der Waals surface area contributed by atoms with Gasteiger partial charge in [0.25, 0.3) is 5.91 Å². The molecule has 114 valence electrons. The van der Waals surface area contributed by atoms with Crippen LogP contribution in [0.5, 0.6) is 5.75 Å². The van der Waals surface area contributed by atoms with E-state index in [-0.39, 0.29) is 18.1 Å². The highest BCUT2D eigenvalue weighted by Crippen LogP contribution is 2.26. The van der Waals surface area contributed by atoms with Gasteiger partial charge in [0, 0.05) is 11.1 Å². The van der Waals surface area contributed by atoms with Gasteiger partial charge in [0.2, 0.25) is 0 Å². The average molecular weight is 290 g/mol. The van der Waals surface area contributed by atoms with Gasteiger partial charge < -0.3 is 15.3 Å². The van der Waals surface area contributed by atoms with Gasteiger partial charge in [-0.1, -0.05) is 11.2 Å². The van der Waals surface area contributed by atoms with Crippen molar-refractivity contribution in [2.45, 2.75) is 45.6 Å². The van der Waals surface area contributed by atoms with Crippen LogP contribution in [0.25, 0.3) is 0 Å². The van der Waals surface area contributed by atoms with Crippen molar-refractivity contribution < 1.29 is 14.7 Å². The standard InChI is InChI=1S/C16H22N2O3/c1-16(2,3)17-15(19)10-21-12-8-7-11-5-4-6-14(18-20)13(11)9-12/h7-9,20H,4-6,10H2,1-3H3,(H,17,19)/b18-14-. The lowest BCUT2D eigenvalue weighted by Gasteiger charge is -2.21. The molecule has 0 bridgehead atoms. The van der Waals surface area contributed by atoms with Crippen LogP contribution in [0.2, 0.25) is 0 Å². The molecular weight excluding hydrogens is 268 g/mol. The Morgan fingerprint density at radius 2 is 2.14 bits per heavy atom. The maximum Gasteiger partial charge on any atom is 0.258 e. The van der Waals surface area contributed by atoms with E-state index < -0.39 is 0 Å². The van der Waals surface area contributed by atoms with Crippen molar-refractivity contribution in [2.75, 3.05) is 6.61 Å². The summed E-state index contributed by atoms with van der Waals surface area (Å²) in [6.45, 7) is 5.75. The first-order valence-electron chi connectivity index (χ1n) is 7.17. The van der Waals surface area contributed by atoms with Crippen molar-refractivity contribution in [2.24, 2.45) is 5.16 Å². The van der Waals surface area contributed by atoms with Crippen LogP contribution in [0, 0.1) is 0 Å². The zero-order valence-corrected chi connectivity index (χ0v) is 12.8. The minimum Gasteiger partial charge on any atom is -0.484 e. The maximum atomic E-state index is 11.7. The molecule has 5 nitrogen and oxygen atoms in total. The number of carbonyl (C=O) groups excluding carboxylic acids is 1. The van der Waals surface area contributed by atoms with Crippen LogP contribution < -0.4 is 10.1 Å². The van der Waals surface area contributed by atoms with Crippen molar-refractivity contribution in [1.82, 2.24) is 5.32 Å². The lowest BCUT2D eigenvalue weighted by Crippen LogP contribution is -2.43. The number of aryl methyl sites for hydroxylation is 1. The summed E-state index contributed by atoms with van der Waals surface area (Å²) >= 11 is 0. The number of oxime groups is 1. The lowest BCUT2D eigenvalue weighted by atomic mass is 9.90. The summed E-state index contributed by atoms with van der Waals surface area (Å²) in [5.74, 6) is 0.456. The van der Waals surface area contributed by atoms with Crippen molar-refractivity contribution in [1.29, 1.82) is 0 Å². The summed E-state index contributed by atoms with van der Waals surface area (Å²) in [6, 6.07) is 5.66. The first kappa shape index (κ1) is 15.4. The molecule has 1 aliphatic rings. The molecule has 0 spiro atoms. The van der Waals surface area contributed by atoms with E-state index >= 15 is 0 Å². The van der Waals surface area contributed by atoms with Gasteiger partial charge in [-0.25, -0.2) is 0 Å². The van der Waals surface area contributed by atoms with Gasteiger partial charge in [0.05, 0.1) is 5.71 Å². The Morgan fingerprint density at radius 3 is 2.81 bits per heavy atom. The smallest absolute Gasteiger partial charge is 0.258 e. The van der Waals surface area contributed by atoms with Crippen molar-refractivity contribution in [3.8, 4) is 5.75 Å². The van der Waals surface area contributed by atoms with E-state index in [2.05, 4.69) is 10.5 Å². The largest absolute Gasteiger partial charge is 0.484 e. The van der Waals surface area contributed by atoms with Crippen LogP contribution in [-0.4, -0.2) is 29.0 Å². The average Bonchev–Trinajstić information content (AvgIpc) is 2.42. The van der Waals surface area contributed by atoms with E-state index in [0.717, 1.165) is 30.4 Å². The molecule has 0 saturated heterocycles. The van der Waals surface area contributed by atoms with Crippen LogP contribution in [0.3, 0.4) is 0 Å². The number of fused-ring (bicyclic) bond motifs is 1. The highest BCUT2D eigenvalue weighted by molar-refractivity contribution is 6.02. The van der Waals surface area contributed by atoms with Gasteiger partial charge in [-0.3, -0.25) is 4.79 Å². The molecule has 1 aliphatic carbocycles. The quantitative estimate of drug-likeness (QED) is 0.663. The Hall–Kier alpha value is -2.04. The molecule has 1 aromatic rings. The third-order valence-corrected chi connectivity index (χ3v) is 3.26. The highest BCUT2D eigenvalue weighted by Gasteiger charge is 2.18. The fraction of sp³-hybridized carbons (Fsp3) is 0.500. The number of rotatable bonds is 3. The van der Waals surface area contributed by atoms with Gasteiger partial charge >= 0.3 is 0 Å². The molecule has 2 N–H and O–H groups in total. The lowest BCUT2D eigenvalue weighted by molar-refractivity contribution is -0.124. The van der Waals surface area contributed by atoms with Gasteiger partial charge in [-0.15, -0.1) is 0 Å². The number of nitrogens with one attached hydrogen (secondary N) is 1. The molecule has 5 heteroatoms. The molecule has 0 atom stereocenters. The molecule has 2 rings (SSSR count). The van der Waals surface area contributed by atoms with E-state index in [1.165, 1.54) is 0 Å². The fourth-order valence-electron chi connectivity index (χ4n) is 2.42. The van der Waals surface area contributed by atoms with Gasteiger partial charge in [-0.05, 0) is 57.7 Å². The van der Waals surface area contributed by atoms with Crippen LogP contribution in [0.15, 0.2) is 23.4 Å². The molecular formula is C16H22N2O3. The minimum absolute atomic E-state index is 0.0261. The van der Waals surface area contributed by atoms with E-state index in [1.807, 2.05) is 39.0 Å². The van der Waals surface area contributed by atoms with E-state index in [1.54, 1.807) is 0 Å². The molecule has 0 unspecified atom stereocenters. The third kappa shape index (κ3) is 4.21. The number of carbonyl (C=O) groups is 1. The molecule has 0 aliphatic heterocycles. The van der Waals surface area contributed by atoms with Crippen LogP contribution >= 0.6 is 0 Å². The van der Waals surface area contributed by atoms with E-state index in [4.69, 9.17) is 9.94 Å². The summed E-state index contributed by atoms with van der Waals surface area (Å²) in [6.07, 6.45) is 2.72. The molecule has 0 fully saturated rings. The second-order valence-electron chi connectivity index (χ2n) is 6.31. The topological polar surface area (TPSA) is 70.9 Å². The van der Waals surface area contributed by atoms with E-state index in [0.29, 0.717) is 11.5 Å². The van der Waals surface area contributed by atoms with Crippen molar-refractivity contribution in [3.63, 3.8) is 0 Å². The minimum atomic E-state index is -0.271. The molecule has 1 aromatic carbocycles. The first-order valence-corrected chi connectivity index (χ1v) is 7.17. The van der Waals surface area contributed by atoms with Crippen molar-refractivity contribution >= 4 is 11.6 Å². The van der Waals surface area contributed by atoms with Gasteiger partial charge in [0.1, 0.15) is 5.75 Å². The van der Waals surface area contributed by atoms with Crippen LogP contribution in [0.4, 0.5) is 0 Å². The predicted octanol–water partition coefficient (Wildman–Crippen LogP) is 2.49. The maximum absolute atomic E-state index is 11.7. The zero-order valence-electron chi connectivity index (χ0n) is 12.8. The second-order valence-corrected chi connectivity index (χ2v) is 6.31. The number of ether oxygens (including phenoxy) is 1. The van der Waals surface area contributed by atoms with Crippen LogP contribution in [-0.2, 0) is 11.2 Å². The Balaban J connectivity index is 2.04. The van der Waals surface area contributed by atoms with Crippen LogP contribution in [0.1, 0.15) is 44.7 Å². The molecule has 21 heavy (non-hydrogen) atoms. The predicted molar refractivity (Wildman–Crippen MR) is 81.1 cm³/mol. The zero-order chi connectivity index (χ0) is 15.5. The normalized spacial score (nSPS) is 16.4. The summed E-state index contributed by atoms with van der Waals surface area (Å²) in [7, 11) is 0. The van der Waals surface area contributed by atoms with Crippen molar-refractivity contribution in [3.05, 3.63) is 29.3 Å². The Bertz CT molecular complexity index is 559. The van der Waals surface area contributed by atoms with E-state index in [9.17, 15) is 4.79 Å². The fourth-order valence-corrected chi connectivity index (χ4v) is 2.42. The summed E-state index contributed by atoms with van der Waals surface area (Å²) < 4.78 is 5.52. The second kappa shape index (κ2) is 6.16. The number of hydrogen-bond acceptors (Lipinski definition) is 4. The Labute approximate surface area is 125 Å². The molecule has 0 aromatic heterocycles. The molecule has 0 saturated carbocycles. The Morgan fingerprint density at radius 1 is 1.38 bits per heavy atom. The number of benzene rings is 1. The van der Waals surface area contributed by atoms with Gasteiger partial charge in [-0.2, -0.15) is 0 Å². The highest BCUT2D eigenvalue weighted by atomic mass is 16.5. The number of nitrogens with zero attached hydrogens (tertiary/aromatic N) is 1. The summed E-state index contributed by atoms with van der Waals surface area (Å²) in [5, 5.41) is 15.3.